The molecule has 3 heterocycles. The number of rotatable bonds is 7. The molecule has 2 bridgehead atoms. The van der Waals surface area contributed by atoms with E-state index in [1.54, 1.807) is 36.4 Å². The van der Waals surface area contributed by atoms with E-state index in [0.717, 1.165) is 25.2 Å². The molecule has 2 fully saturated rings. The molecule has 0 radical (unpaired) electrons. The molecular weight excluding hydrogens is 406 g/mol. The van der Waals surface area contributed by atoms with Gasteiger partial charge in [0.1, 0.15) is 5.75 Å². The second kappa shape index (κ2) is 7.81. The Morgan fingerprint density at radius 2 is 1.74 bits per heavy atom. The highest BCUT2D eigenvalue weighted by atomic mass is 16.7. The van der Waals surface area contributed by atoms with Crippen molar-refractivity contribution >= 4 is 29.4 Å². The monoisotopic (exact) mass is 429 g/mol. The topological polar surface area (TPSA) is 108 Å². The van der Waals surface area contributed by atoms with Crippen molar-refractivity contribution in [2.24, 2.45) is 11.8 Å². The van der Waals surface area contributed by atoms with Crippen LogP contribution in [0.3, 0.4) is 0 Å². The fourth-order valence-corrected chi connectivity index (χ4v) is 4.38. The number of hydrogen-bond acceptors (Lipinski definition) is 8. The summed E-state index contributed by atoms with van der Waals surface area (Å²) in [5.74, 6) is -3.50. The van der Waals surface area contributed by atoms with Gasteiger partial charge >= 0.3 is 11.9 Å². The van der Waals surface area contributed by atoms with Gasteiger partial charge in [-0.1, -0.05) is 13.0 Å². The van der Waals surface area contributed by atoms with Crippen molar-refractivity contribution in [2.75, 3.05) is 11.5 Å². The quantitative estimate of drug-likeness (QED) is 0.279. The lowest BCUT2D eigenvalue weighted by Gasteiger charge is -2.34. The normalized spacial score (nSPS) is 28.3. The van der Waals surface area contributed by atoms with Crippen LogP contribution < -0.4 is 9.64 Å². The van der Waals surface area contributed by atoms with Crippen LogP contribution in [0.25, 0.3) is 0 Å². The number of carbonyl (C=O) groups is 4. The lowest BCUT2D eigenvalue weighted by atomic mass is 9.76. The van der Waals surface area contributed by atoms with Crippen LogP contribution in [0.2, 0.25) is 0 Å². The molecule has 3 aliphatic heterocycles. The molecule has 9 nitrogen and oxygen atoms in total. The number of carbonyl (C=O) groups excluding carboxylic acids is 4. The zero-order valence-corrected chi connectivity index (χ0v) is 17.4. The standard InChI is InChI=1S/C22H23NO8/c1-4-11-28-15-7-5-14(6-8-15)23-19(26)17-16-9-10-22(31-16,18(17)20(23)27)21(29-12(2)24)30-13(3)25/h5-10,16-18,21H,4,11H2,1-3H3. The van der Waals surface area contributed by atoms with Crippen molar-refractivity contribution in [1.29, 1.82) is 0 Å². The number of amides is 2. The predicted molar refractivity (Wildman–Crippen MR) is 106 cm³/mol. The van der Waals surface area contributed by atoms with E-state index in [0.29, 0.717) is 18.0 Å². The van der Waals surface area contributed by atoms with Crippen molar-refractivity contribution in [1.82, 2.24) is 0 Å². The minimum absolute atomic E-state index is 0.402. The predicted octanol–water partition coefficient (Wildman–Crippen LogP) is 1.74. The van der Waals surface area contributed by atoms with Gasteiger partial charge in [0.25, 0.3) is 6.29 Å². The first-order valence-electron chi connectivity index (χ1n) is 10.1. The summed E-state index contributed by atoms with van der Waals surface area (Å²) < 4.78 is 21.9. The Labute approximate surface area is 178 Å². The van der Waals surface area contributed by atoms with Crippen molar-refractivity contribution in [3.63, 3.8) is 0 Å². The van der Waals surface area contributed by atoms with Crippen LogP contribution in [-0.4, -0.2) is 48.4 Å². The second-order valence-electron chi connectivity index (χ2n) is 7.70. The van der Waals surface area contributed by atoms with E-state index in [-0.39, 0.29) is 0 Å². The van der Waals surface area contributed by atoms with Crippen molar-refractivity contribution in [2.45, 2.75) is 45.2 Å². The van der Waals surface area contributed by atoms with Gasteiger partial charge in [-0.15, -0.1) is 0 Å². The summed E-state index contributed by atoms with van der Waals surface area (Å²) >= 11 is 0. The summed E-state index contributed by atoms with van der Waals surface area (Å²) in [4.78, 5) is 51.0. The summed E-state index contributed by atoms with van der Waals surface area (Å²) in [7, 11) is 0. The molecule has 164 valence electrons. The van der Waals surface area contributed by atoms with E-state index in [9.17, 15) is 19.2 Å². The van der Waals surface area contributed by atoms with E-state index in [2.05, 4.69) is 0 Å². The number of benzene rings is 1. The molecule has 4 rings (SSSR count). The first-order chi connectivity index (χ1) is 14.8. The van der Waals surface area contributed by atoms with E-state index >= 15 is 0 Å². The summed E-state index contributed by atoms with van der Waals surface area (Å²) in [6, 6.07) is 6.67. The zero-order valence-electron chi connectivity index (χ0n) is 17.4. The average molecular weight is 429 g/mol. The molecule has 0 aromatic heterocycles. The van der Waals surface area contributed by atoms with Crippen LogP contribution in [0.15, 0.2) is 36.4 Å². The maximum absolute atomic E-state index is 13.4. The number of imide groups is 1. The smallest absolute Gasteiger partial charge is 0.305 e. The molecule has 0 aliphatic carbocycles. The van der Waals surface area contributed by atoms with Crippen molar-refractivity contribution in [3.8, 4) is 5.75 Å². The van der Waals surface area contributed by atoms with Crippen molar-refractivity contribution < 1.29 is 38.1 Å². The third kappa shape index (κ3) is 3.38. The van der Waals surface area contributed by atoms with Gasteiger partial charge in [-0.3, -0.25) is 19.2 Å². The fourth-order valence-electron chi connectivity index (χ4n) is 4.38. The highest BCUT2D eigenvalue weighted by Gasteiger charge is 2.72. The van der Waals surface area contributed by atoms with Gasteiger partial charge in [-0.2, -0.15) is 0 Å². The Kier molecular flexibility index (Phi) is 5.30. The lowest BCUT2D eigenvalue weighted by Crippen LogP contribution is -2.52. The van der Waals surface area contributed by atoms with Gasteiger partial charge < -0.3 is 18.9 Å². The maximum Gasteiger partial charge on any atom is 0.305 e. The number of anilines is 1. The third-order valence-electron chi connectivity index (χ3n) is 5.56. The summed E-state index contributed by atoms with van der Waals surface area (Å²) in [6.45, 7) is 4.87. The van der Waals surface area contributed by atoms with Gasteiger partial charge in [0.2, 0.25) is 11.8 Å². The molecule has 0 saturated carbocycles. The molecule has 9 heteroatoms. The fraction of sp³-hybridized carbons (Fsp3) is 0.455. The van der Waals surface area contributed by atoms with Crippen molar-refractivity contribution in [3.05, 3.63) is 36.4 Å². The SMILES string of the molecule is CCCOc1ccc(N2C(=O)C3C4C=CC(C(OC(C)=O)OC(C)=O)(O4)C3C2=O)cc1. The van der Waals surface area contributed by atoms with Gasteiger partial charge in [0, 0.05) is 13.8 Å². The second-order valence-corrected chi connectivity index (χ2v) is 7.70. The van der Waals surface area contributed by atoms with E-state index in [1.165, 1.54) is 0 Å². The largest absolute Gasteiger partial charge is 0.494 e. The number of hydrogen-bond donors (Lipinski definition) is 0. The average Bonchev–Trinajstić information content (AvgIpc) is 3.37. The molecule has 1 aromatic rings. The Balaban J connectivity index is 1.65. The lowest BCUT2D eigenvalue weighted by molar-refractivity contribution is -0.226. The van der Waals surface area contributed by atoms with Gasteiger partial charge in [0.05, 0.1) is 30.2 Å². The molecule has 1 aromatic carbocycles. The first-order valence-corrected chi connectivity index (χ1v) is 10.1. The van der Waals surface area contributed by atoms with Crippen LogP contribution in [0.1, 0.15) is 27.2 Å². The number of fused-ring (bicyclic) bond motifs is 5. The van der Waals surface area contributed by atoms with Crippen LogP contribution in [0.5, 0.6) is 5.75 Å². The Hall–Kier alpha value is -3.20. The number of nitrogens with zero attached hydrogens (tertiary/aromatic N) is 1. The Bertz CT molecular complexity index is 939. The Morgan fingerprint density at radius 1 is 1.10 bits per heavy atom. The molecular formula is C22H23NO8. The summed E-state index contributed by atoms with van der Waals surface area (Å²) in [5.41, 5.74) is -1.16. The van der Waals surface area contributed by atoms with Gasteiger partial charge in [-0.25, -0.2) is 4.90 Å². The maximum atomic E-state index is 13.4. The molecule has 2 amide bonds. The first kappa shape index (κ1) is 21.0. The summed E-state index contributed by atoms with van der Waals surface area (Å²) in [5, 5.41) is 0. The van der Waals surface area contributed by atoms with Crippen LogP contribution in [0.4, 0.5) is 5.69 Å². The molecule has 3 aliphatic rings. The van der Waals surface area contributed by atoms with Crippen LogP contribution in [-0.2, 0) is 33.4 Å². The van der Waals surface area contributed by atoms with Crippen LogP contribution in [0, 0.1) is 11.8 Å². The minimum Gasteiger partial charge on any atom is -0.494 e. The highest BCUT2D eigenvalue weighted by molar-refractivity contribution is 6.23. The van der Waals surface area contributed by atoms with E-state index in [4.69, 9.17) is 18.9 Å². The van der Waals surface area contributed by atoms with E-state index in [1.807, 2.05) is 6.92 Å². The van der Waals surface area contributed by atoms with Gasteiger partial charge in [0.15, 0.2) is 5.60 Å². The number of esters is 2. The molecule has 2 saturated heterocycles. The van der Waals surface area contributed by atoms with Crippen LogP contribution >= 0.6 is 0 Å². The third-order valence-corrected chi connectivity index (χ3v) is 5.56. The molecule has 31 heavy (non-hydrogen) atoms. The highest BCUT2D eigenvalue weighted by Crippen LogP contribution is 2.54. The minimum atomic E-state index is -1.56. The van der Waals surface area contributed by atoms with E-state index < -0.39 is 53.6 Å². The number of ether oxygens (including phenoxy) is 4. The van der Waals surface area contributed by atoms with Gasteiger partial charge in [-0.05, 0) is 36.8 Å². The molecule has 0 spiro atoms. The zero-order chi connectivity index (χ0) is 22.3. The molecule has 4 atom stereocenters. The summed E-state index contributed by atoms with van der Waals surface area (Å²) in [6.07, 6.45) is 1.87. The molecule has 4 unspecified atom stereocenters. The molecule has 0 N–H and O–H groups in total. The Morgan fingerprint density at radius 3 is 2.32 bits per heavy atom.